The number of likely N-dealkylation sites (tertiary alicyclic amines) is 1. The number of hydrogen-bond donors (Lipinski definition) is 1. The Balaban J connectivity index is 1.18. The van der Waals surface area contributed by atoms with Gasteiger partial charge < -0.3 is 24.4 Å². The van der Waals surface area contributed by atoms with Gasteiger partial charge in [-0.3, -0.25) is 9.59 Å². The standard InChI is InChI=1S/C32H33N9O3/c1-37-13-9-23(10-14-37)38-15-8-21-16-22(18-33-29(21)38)35-32-34-19-25-30(36-32)41-24-6-7-27-26(17-24)39(28(42)20-44-27)11-4-2-3-5-12-40(41)31(25)43/h3,5-8,15-19,23H,2,4,9-14,20H2,1H3,(H,34,35,36)/b5-3-. The highest BCUT2D eigenvalue weighted by atomic mass is 16.5. The first kappa shape index (κ1) is 26.6. The van der Waals surface area contributed by atoms with Crippen LogP contribution in [0.3, 0.4) is 0 Å². The first-order chi connectivity index (χ1) is 21.5. The van der Waals surface area contributed by atoms with Crippen LogP contribution in [-0.4, -0.2) is 73.0 Å². The second kappa shape index (κ2) is 10.6. The first-order valence-corrected chi connectivity index (χ1v) is 15.2. The van der Waals surface area contributed by atoms with Gasteiger partial charge in [-0.25, -0.2) is 19.3 Å². The number of nitrogens with zero attached hydrogens (tertiary/aromatic N) is 8. The molecule has 0 unspecified atom stereocenters. The number of piperidine rings is 1. The lowest BCUT2D eigenvalue weighted by Crippen LogP contribution is -2.39. The number of carbonyl (C=O) groups is 1. The number of aromatic nitrogens is 6. The summed E-state index contributed by atoms with van der Waals surface area (Å²) in [5.41, 5.74) is 3.41. The van der Waals surface area contributed by atoms with E-state index in [1.807, 2.05) is 24.3 Å². The maximum Gasteiger partial charge on any atom is 0.278 e. The van der Waals surface area contributed by atoms with Crippen LogP contribution in [0.25, 0.3) is 27.8 Å². The van der Waals surface area contributed by atoms with Crippen LogP contribution in [0.4, 0.5) is 17.3 Å². The molecule has 5 aromatic rings. The molecule has 12 heteroatoms. The van der Waals surface area contributed by atoms with Gasteiger partial charge in [0.1, 0.15) is 16.8 Å². The highest BCUT2D eigenvalue weighted by Crippen LogP contribution is 2.35. The van der Waals surface area contributed by atoms with Crippen LogP contribution < -0.4 is 20.5 Å². The Morgan fingerprint density at radius 2 is 1.86 bits per heavy atom. The Labute approximate surface area is 253 Å². The van der Waals surface area contributed by atoms with Crippen molar-refractivity contribution >= 4 is 45.3 Å². The SMILES string of the molecule is CN1CCC(n2ccc3cc(Nc4ncc5c(=O)n6n(c5n4)-c4ccc5c(c4)N(CCC/C=C\C6)C(=O)CO5)cnc32)CC1. The van der Waals surface area contributed by atoms with E-state index < -0.39 is 0 Å². The van der Waals surface area contributed by atoms with Gasteiger partial charge in [0, 0.05) is 30.4 Å². The van der Waals surface area contributed by atoms with E-state index in [0.29, 0.717) is 53.2 Å². The summed E-state index contributed by atoms with van der Waals surface area (Å²) in [7, 11) is 2.17. The summed E-state index contributed by atoms with van der Waals surface area (Å²) >= 11 is 0. The van der Waals surface area contributed by atoms with E-state index in [1.165, 1.54) is 0 Å². The van der Waals surface area contributed by atoms with Crippen molar-refractivity contribution in [3.8, 4) is 11.4 Å². The van der Waals surface area contributed by atoms with E-state index in [9.17, 15) is 9.59 Å². The number of ether oxygens (including phenoxy) is 1. The minimum atomic E-state index is -0.187. The highest BCUT2D eigenvalue weighted by molar-refractivity contribution is 5.98. The number of benzene rings is 1. The molecule has 4 aromatic heterocycles. The van der Waals surface area contributed by atoms with Crippen molar-refractivity contribution in [1.29, 1.82) is 0 Å². The minimum absolute atomic E-state index is 0.0190. The minimum Gasteiger partial charge on any atom is -0.482 e. The lowest BCUT2D eigenvalue weighted by Gasteiger charge is -2.30. The molecule has 0 spiro atoms. The zero-order chi connectivity index (χ0) is 29.8. The summed E-state index contributed by atoms with van der Waals surface area (Å²) in [5, 5.41) is 4.75. The van der Waals surface area contributed by atoms with Gasteiger partial charge in [-0.05, 0) is 76.2 Å². The van der Waals surface area contributed by atoms with Gasteiger partial charge in [-0.2, -0.15) is 4.98 Å². The predicted octanol–water partition coefficient (Wildman–Crippen LogP) is 4.02. The fraction of sp³-hybridized carbons (Fsp3) is 0.344. The molecule has 1 saturated heterocycles. The quantitative estimate of drug-likeness (QED) is 0.313. The number of pyridine rings is 1. The van der Waals surface area contributed by atoms with E-state index in [1.54, 1.807) is 26.7 Å². The van der Waals surface area contributed by atoms with Crippen LogP contribution in [0.1, 0.15) is 31.7 Å². The van der Waals surface area contributed by atoms with E-state index in [-0.39, 0.29) is 18.1 Å². The average Bonchev–Trinajstić information content (AvgIpc) is 3.57. The van der Waals surface area contributed by atoms with Crippen LogP contribution in [0.15, 0.2) is 65.9 Å². The predicted molar refractivity (Wildman–Crippen MR) is 168 cm³/mol. The zero-order valence-corrected chi connectivity index (χ0v) is 24.5. The van der Waals surface area contributed by atoms with Gasteiger partial charge in [-0.1, -0.05) is 12.2 Å². The fourth-order valence-electron chi connectivity index (χ4n) is 6.55. The molecule has 0 aliphatic carbocycles. The fourth-order valence-corrected chi connectivity index (χ4v) is 6.55. The molecule has 1 N–H and O–H groups in total. The molecule has 8 rings (SSSR count). The molecule has 224 valence electrons. The number of hydrogen-bond acceptors (Lipinski definition) is 8. The van der Waals surface area contributed by atoms with E-state index in [2.05, 4.69) is 51.2 Å². The molecule has 7 heterocycles. The van der Waals surface area contributed by atoms with E-state index in [4.69, 9.17) is 14.7 Å². The molecule has 0 atom stereocenters. The van der Waals surface area contributed by atoms with Crippen LogP contribution >= 0.6 is 0 Å². The van der Waals surface area contributed by atoms with Crippen molar-refractivity contribution in [3.63, 3.8) is 0 Å². The number of nitrogens with one attached hydrogen (secondary N) is 1. The molecule has 0 radical (unpaired) electrons. The second-order valence-corrected chi connectivity index (χ2v) is 11.7. The lowest BCUT2D eigenvalue weighted by atomic mass is 10.1. The summed E-state index contributed by atoms with van der Waals surface area (Å²) in [6.07, 6.45) is 13.4. The van der Waals surface area contributed by atoms with Gasteiger partial charge >= 0.3 is 0 Å². The van der Waals surface area contributed by atoms with Crippen molar-refractivity contribution in [3.05, 3.63) is 71.4 Å². The van der Waals surface area contributed by atoms with E-state index in [0.717, 1.165) is 55.5 Å². The van der Waals surface area contributed by atoms with Crippen molar-refractivity contribution in [2.45, 2.75) is 38.3 Å². The van der Waals surface area contributed by atoms with Gasteiger partial charge in [0.05, 0.1) is 29.8 Å². The van der Waals surface area contributed by atoms with Gasteiger partial charge in [0.2, 0.25) is 5.95 Å². The van der Waals surface area contributed by atoms with Gasteiger partial charge in [0.25, 0.3) is 11.5 Å². The number of anilines is 3. The van der Waals surface area contributed by atoms with Gasteiger partial charge in [-0.15, -0.1) is 0 Å². The number of carbonyl (C=O) groups excluding carboxylic acids is 1. The van der Waals surface area contributed by atoms with Crippen LogP contribution in [-0.2, 0) is 11.3 Å². The monoisotopic (exact) mass is 591 g/mol. The number of allylic oxidation sites excluding steroid dienone is 2. The number of fused-ring (bicyclic) bond motifs is 6. The Morgan fingerprint density at radius 1 is 0.977 bits per heavy atom. The van der Waals surface area contributed by atoms with Crippen LogP contribution in [0, 0.1) is 0 Å². The van der Waals surface area contributed by atoms with Gasteiger partial charge in [0.15, 0.2) is 12.3 Å². The molecule has 2 bridgehead atoms. The largest absolute Gasteiger partial charge is 0.482 e. The summed E-state index contributed by atoms with van der Waals surface area (Å²) in [5.74, 6) is 0.927. The molecule has 44 heavy (non-hydrogen) atoms. The molecular formula is C32H33N9O3. The third kappa shape index (κ3) is 4.53. The van der Waals surface area contributed by atoms with Crippen LogP contribution in [0.2, 0.25) is 0 Å². The van der Waals surface area contributed by atoms with Crippen molar-refractivity contribution < 1.29 is 9.53 Å². The Hall–Kier alpha value is -4.97. The second-order valence-electron chi connectivity index (χ2n) is 11.7. The first-order valence-electron chi connectivity index (χ1n) is 15.2. The normalized spacial score (nSPS) is 18.5. The topological polar surface area (TPSA) is 115 Å². The molecule has 1 fully saturated rings. The van der Waals surface area contributed by atoms with Crippen molar-refractivity contribution in [1.82, 2.24) is 33.8 Å². The highest BCUT2D eigenvalue weighted by Gasteiger charge is 2.27. The smallest absolute Gasteiger partial charge is 0.278 e. The van der Waals surface area contributed by atoms with Crippen LogP contribution in [0.5, 0.6) is 5.75 Å². The van der Waals surface area contributed by atoms with E-state index >= 15 is 0 Å². The summed E-state index contributed by atoms with van der Waals surface area (Å²) < 4.78 is 11.5. The Bertz CT molecular complexity index is 2000. The maximum absolute atomic E-state index is 13.6. The summed E-state index contributed by atoms with van der Waals surface area (Å²) in [4.78, 5) is 44.6. The lowest BCUT2D eigenvalue weighted by molar-refractivity contribution is -0.121. The number of rotatable bonds is 3. The number of amides is 1. The molecular weight excluding hydrogens is 558 g/mol. The van der Waals surface area contributed by atoms with Crippen molar-refractivity contribution in [2.75, 3.05) is 43.5 Å². The molecule has 3 aliphatic rings. The average molecular weight is 592 g/mol. The third-order valence-corrected chi connectivity index (χ3v) is 8.90. The summed E-state index contributed by atoms with van der Waals surface area (Å²) in [6.45, 7) is 3.16. The van der Waals surface area contributed by atoms with Crippen molar-refractivity contribution in [2.24, 2.45) is 0 Å². The third-order valence-electron chi connectivity index (χ3n) is 8.90. The summed E-state index contributed by atoms with van der Waals surface area (Å²) in [6, 6.07) is 10.2. The maximum atomic E-state index is 13.6. The molecule has 3 aliphatic heterocycles. The Morgan fingerprint density at radius 3 is 2.75 bits per heavy atom. The molecule has 0 saturated carbocycles. The molecule has 1 aromatic carbocycles. The Kier molecular flexibility index (Phi) is 6.44. The molecule has 1 amide bonds. The zero-order valence-electron chi connectivity index (χ0n) is 24.5. The molecule has 12 nitrogen and oxygen atoms in total.